The van der Waals surface area contributed by atoms with E-state index < -0.39 is 0 Å². The first kappa shape index (κ1) is 12.3. The molecule has 2 aromatic heterocycles. The van der Waals surface area contributed by atoms with Crippen LogP contribution in [0.15, 0.2) is 12.4 Å². The second kappa shape index (κ2) is 4.99. The van der Waals surface area contributed by atoms with Gasteiger partial charge in [0.05, 0.1) is 15.3 Å². The highest BCUT2D eigenvalue weighted by molar-refractivity contribution is 14.1. The summed E-state index contributed by atoms with van der Waals surface area (Å²) in [6.07, 6.45) is 3.63. The maximum atomic E-state index is 4.52. The summed E-state index contributed by atoms with van der Waals surface area (Å²) in [4.78, 5) is 8.88. The Morgan fingerprint density at radius 3 is 2.76 bits per heavy atom. The van der Waals surface area contributed by atoms with E-state index in [0.29, 0.717) is 5.82 Å². The van der Waals surface area contributed by atoms with Gasteiger partial charge in [-0.15, -0.1) is 0 Å². The lowest BCUT2D eigenvalue weighted by atomic mass is 10.2. The van der Waals surface area contributed by atoms with Crippen LogP contribution in [0.25, 0.3) is 11.4 Å². The van der Waals surface area contributed by atoms with E-state index in [2.05, 4.69) is 43.0 Å². The molecule has 5 nitrogen and oxygen atoms in total. The summed E-state index contributed by atoms with van der Waals surface area (Å²) in [7, 11) is 1.91. The van der Waals surface area contributed by atoms with Gasteiger partial charge in [0.15, 0.2) is 5.82 Å². The molecule has 0 bridgehead atoms. The molecule has 0 spiro atoms. The van der Waals surface area contributed by atoms with Crippen LogP contribution in [-0.2, 0) is 7.05 Å². The van der Waals surface area contributed by atoms with Gasteiger partial charge in [-0.1, -0.05) is 0 Å². The topological polar surface area (TPSA) is 55.6 Å². The van der Waals surface area contributed by atoms with Crippen LogP contribution in [-0.4, -0.2) is 26.3 Å². The van der Waals surface area contributed by atoms with E-state index in [-0.39, 0.29) is 0 Å². The van der Waals surface area contributed by atoms with E-state index in [9.17, 15) is 0 Å². The van der Waals surface area contributed by atoms with Crippen molar-refractivity contribution in [1.29, 1.82) is 0 Å². The second-order valence-corrected chi connectivity index (χ2v) is 4.85. The lowest BCUT2D eigenvalue weighted by Gasteiger charge is -2.06. The molecule has 0 amide bonds. The molecule has 0 atom stereocenters. The number of nitrogens with one attached hydrogen (secondary N) is 1. The summed E-state index contributed by atoms with van der Waals surface area (Å²) >= 11 is 2.23. The number of aromatic nitrogens is 4. The molecule has 0 saturated heterocycles. The lowest BCUT2D eigenvalue weighted by Crippen LogP contribution is -2.04. The van der Waals surface area contributed by atoms with Gasteiger partial charge in [-0.2, -0.15) is 5.10 Å². The number of halogens is 1. The van der Waals surface area contributed by atoms with Crippen molar-refractivity contribution in [3.63, 3.8) is 0 Å². The van der Waals surface area contributed by atoms with Crippen LogP contribution in [0.1, 0.15) is 12.6 Å². The molecule has 2 heterocycles. The zero-order valence-electron chi connectivity index (χ0n) is 10.0. The molecular weight excluding hydrogens is 329 g/mol. The van der Waals surface area contributed by atoms with Gasteiger partial charge in [0.25, 0.3) is 0 Å². The normalized spacial score (nSPS) is 10.6. The number of hydrogen-bond acceptors (Lipinski definition) is 4. The molecule has 0 aliphatic heterocycles. The highest BCUT2D eigenvalue weighted by Crippen LogP contribution is 2.22. The van der Waals surface area contributed by atoms with Crippen LogP contribution in [0.3, 0.4) is 0 Å². The zero-order valence-corrected chi connectivity index (χ0v) is 12.2. The second-order valence-electron chi connectivity index (χ2n) is 3.69. The first-order valence-electron chi connectivity index (χ1n) is 5.39. The van der Waals surface area contributed by atoms with E-state index >= 15 is 0 Å². The summed E-state index contributed by atoms with van der Waals surface area (Å²) in [6, 6.07) is 0. The average Bonchev–Trinajstić information content (AvgIpc) is 2.64. The monoisotopic (exact) mass is 343 g/mol. The van der Waals surface area contributed by atoms with Crippen molar-refractivity contribution >= 4 is 28.4 Å². The largest absolute Gasteiger partial charge is 0.369 e. The Kier molecular flexibility index (Phi) is 3.60. The molecule has 90 valence electrons. The van der Waals surface area contributed by atoms with Gasteiger partial charge in [-0.05, 0) is 36.4 Å². The summed E-state index contributed by atoms with van der Waals surface area (Å²) in [6.45, 7) is 4.91. The molecule has 0 aromatic carbocycles. The minimum Gasteiger partial charge on any atom is -0.369 e. The smallest absolute Gasteiger partial charge is 0.165 e. The van der Waals surface area contributed by atoms with Crippen molar-refractivity contribution in [1.82, 2.24) is 19.7 Å². The Balaban J connectivity index is 2.46. The number of hydrogen-bond donors (Lipinski definition) is 1. The van der Waals surface area contributed by atoms with Gasteiger partial charge in [-0.3, -0.25) is 4.68 Å². The van der Waals surface area contributed by atoms with E-state index in [4.69, 9.17) is 0 Å². The number of aryl methyl sites for hydroxylation is 1. The van der Waals surface area contributed by atoms with Gasteiger partial charge in [0.2, 0.25) is 0 Å². The number of nitrogens with zero attached hydrogens (tertiary/aromatic N) is 4. The molecule has 2 rings (SSSR count). The predicted octanol–water partition coefficient (Wildman–Crippen LogP) is 2.22. The third-order valence-corrected chi connectivity index (χ3v) is 3.35. The third-order valence-electron chi connectivity index (χ3n) is 2.56. The molecule has 0 fully saturated rings. The number of rotatable bonds is 3. The lowest BCUT2D eigenvalue weighted by molar-refractivity contribution is 0.740. The molecule has 2 aromatic rings. The highest BCUT2D eigenvalue weighted by atomic mass is 127. The molecule has 6 heteroatoms. The minimum absolute atomic E-state index is 0.715. The summed E-state index contributed by atoms with van der Waals surface area (Å²) in [5.74, 6) is 1.59. The quantitative estimate of drug-likeness (QED) is 0.869. The van der Waals surface area contributed by atoms with Crippen molar-refractivity contribution in [2.45, 2.75) is 13.8 Å². The Bertz CT molecular complexity index is 535. The minimum atomic E-state index is 0.715. The van der Waals surface area contributed by atoms with Crippen molar-refractivity contribution in [3.8, 4) is 11.4 Å². The number of anilines is 1. The molecule has 0 saturated carbocycles. The van der Waals surface area contributed by atoms with Crippen LogP contribution >= 0.6 is 22.6 Å². The average molecular weight is 343 g/mol. The molecule has 0 radical (unpaired) electrons. The predicted molar refractivity (Wildman–Crippen MR) is 75.9 cm³/mol. The summed E-state index contributed by atoms with van der Waals surface area (Å²) in [5.41, 5.74) is 2.04. The van der Waals surface area contributed by atoms with Crippen LogP contribution in [0.5, 0.6) is 0 Å². The fourth-order valence-corrected chi connectivity index (χ4v) is 1.96. The Hall–Kier alpha value is -1.18. The van der Waals surface area contributed by atoms with E-state index in [1.54, 1.807) is 6.20 Å². The van der Waals surface area contributed by atoms with Crippen molar-refractivity contribution in [2.24, 2.45) is 7.05 Å². The van der Waals surface area contributed by atoms with Crippen LogP contribution < -0.4 is 5.32 Å². The van der Waals surface area contributed by atoms with Crippen LogP contribution in [0, 0.1) is 10.5 Å². The Morgan fingerprint density at radius 1 is 1.41 bits per heavy atom. The van der Waals surface area contributed by atoms with Gasteiger partial charge < -0.3 is 5.32 Å². The van der Waals surface area contributed by atoms with E-state index in [0.717, 1.165) is 27.2 Å². The standard InChI is InChI=1S/C11H14IN5/c1-4-13-11-9(12)6-14-10(16-11)8-5-15-17(3)7(8)2/h5-6H,4H2,1-3H3,(H,13,14,16). The molecular formula is C11H14IN5. The Labute approximate surface area is 114 Å². The third kappa shape index (κ3) is 2.41. The first-order chi connectivity index (χ1) is 8.13. The van der Waals surface area contributed by atoms with Crippen LogP contribution in [0.2, 0.25) is 0 Å². The molecule has 0 unspecified atom stereocenters. The fourth-order valence-electron chi connectivity index (χ4n) is 1.51. The van der Waals surface area contributed by atoms with Crippen molar-refractivity contribution in [2.75, 3.05) is 11.9 Å². The maximum absolute atomic E-state index is 4.52. The van der Waals surface area contributed by atoms with Gasteiger partial charge in [0, 0.05) is 25.5 Å². The molecule has 0 aliphatic carbocycles. The van der Waals surface area contributed by atoms with Gasteiger partial charge in [0.1, 0.15) is 5.82 Å². The summed E-state index contributed by atoms with van der Waals surface area (Å²) in [5, 5.41) is 7.43. The fraction of sp³-hybridized carbons (Fsp3) is 0.364. The first-order valence-corrected chi connectivity index (χ1v) is 6.46. The van der Waals surface area contributed by atoms with Gasteiger partial charge >= 0.3 is 0 Å². The van der Waals surface area contributed by atoms with Crippen LogP contribution in [0.4, 0.5) is 5.82 Å². The van der Waals surface area contributed by atoms with Crippen molar-refractivity contribution < 1.29 is 0 Å². The Morgan fingerprint density at radius 2 is 2.18 bits per heavy atom. The maximum Gasteiger partial charge on any atom is 0.165 e. The van der Waals surface area contributed by atoms with E-state index in [1.807, 2.05) is 31.8 Å². The molecule has 17 heavy (non-hydrogen) atoms. The zero-order chi connectivity index (χ0) is 12.4. The molecule has 0 aliphatic rings. The highest BCUT2D eigenvalue weighted by Gasteiger charge is 2.11. The van der Waals surface area contributed by atoms with Gasteiger partial charge in [-0.25, -0.2) is 9.97 Å². The molecule has 1 N–H and O–H groups in total. The SMILES string of the molecule is CCNc1nc(-c2cnn(C)c2C)ncc1I. The summed E-state index contributed by atoms with van der Waals surface area (Å²) < 4.78 is 2.85. The van der Waals surface area contributed by atoms with E-state index in [1.165, 1.54) is 0 Å². The van der Waals surface area contributed by atoms with Crippen molar-refractivity contribution in [3.05, 3.63) is 21.7 Å².